The molecule has 0 aromatic heterocycles. The number of benzene rings is 1. The van der Waals surface area contributed by atoms with E-state index in [-0.39, 0.29) is 5.48 Å². The fraction of sp³-hybridized carbons (Fsp3) is 0.636. The Labute approximate surface area is 170 Å². The van der Waals surface area contributed by atoms with Crippen molar-refractivity contribution in [3.05, 3.63) is 35.4 Å². The van der Waals surface area contributed by atoms with Crippen LogP contribution in [0.5, 0.6) is 0 Å². The minimum absolute atomic E-state index is 0. The van der Waals surface area contributed by atoms with Crippen LogP contribution >= 0.6 is 0 Å². The van der Waals surface area contributed by atoms with E-state index in [9.17, 15) is 9.59 Å². The zero-order valence-electron chi connectivity index (χ0n) is 18.6. The molecule has 0 radical (unpaired) electrons. The van der Waals surface area contributed by atoms with Crippen molar-refractivity contribution in [2.45, 2.75) is 85.3 Å². The van der Waals surface area contributed by atoms with Gasteiger partial charge in [-0.05, 0) is 44.7 Å². The summed E-state index contributed by atoms with van der Waals surface area (Å²) in [5.41, 5.74) is 1.63. The third-order valence-corrected chi connectivity index (χ3v) is 3.71. The SMILES string of the molecule is CC.CCCCCc1ccc(C[C@H](NC(=O)OC(C)(C)C)C(=O)OC)cc1.O. The molecule has 1 aromatic rings. The highest BCUT2D eigenvalue weighted by atomic mass is 16.6. The summed E-state index contributed by atoms with van der Waals surface area (Å²) in [6.07, 6.45) is 4.41. The van der Waals surface area contributed by atoms with E-state index < -0.39 is 23.7 Å². The normalized spacial score (nSPS) is 11.2. The van der Waals surface area contributed by atoms with Gasteiger partial charge in [0.1, 0.15) is 11.6 Å². The van der Waals surface area contributed by atoms with Gasteiger partial charge in [-0.25, -0.2) is 9.59 Å². The number of hydrogen-bond donors (Lipinski definition) is 1. The number of hydrogen-bond acceptors (Lipinski definition) is 4. The summed E-state index contributed by atoms with van der Waals surface area (Å²) < 4.78 is 10.0. The molecular weight excluding hydrogens is 358 g/mol. The monoisotopic (exact) mass is 397 g/mol. The summed E-state index contributed by atoms with van der Waals surface area (Å²) in [6.45, 7) is 11.5. The van der Waals surface area contributed by atoms with E-state index in [2.05, 4.69) is 24.4 Å². The largest absolute Gasteiger partial charge is 0.467 e. The lowest BCUT2D eigenvalue weighted by Gasteiger charge is -2.22. The zero-order chi connectivity index (χ0) is 20.9. The van der Waals surface area contributed by atoms with Gasteiger partial charge in [-0.15, -0.1) is 0 Å². The standard InChI is InChI=1S/C20H31NO4.C2H6.H2O/c1-6-7-8-9-15-10-12-16(13-11-15)14-17(18(22)24-5)21-19(23)25-20(2,3)4;1-2;/h10-13,17H,6-9,14H2,1-5H3,(H,21,23);1-2H3;1H2/t17-;;/m0../s1. The Bertz CT molecular complexity index is 549. The fourth-order valence-corrected chi connectivity index (χ4v) is 2.44. The second-order valence-electron chi connectivity index (χ2n) is 7.20. The van der Waals surface area contributed by atoms with Crippen LogP contribution in [0.4, 0.5) is 4.79 Å². The maximum atomic E-state index is 12.0. The van der Waals surface area contributed by atoms with E-state index >= 15 is 0 Å². The minimum Gasteiger partial charge on any atom is -0.467 e. The Balaban J connectivity index is 0. The molecule has 162 valence electrons. The molecule has 0 heterocycles. The van der Waals surface area contributed by atoms with Crippen molar-refractivity contribution in [1.29, 1.82) is 0 Å². The van der Waals surface area contributed by atoms with Crippen LogP contribution < -0.4 is 5.32 Å². The van der Waals surface area contributed by atoms with E-state index in [4.69, 9.17) is 9.47 Å². The van der Waals surface area contributed by atoms with E-state index in [0.29, 0.717) is 6.42 Å². The summed E-state index contributed by atoms with van der Waals surface area (Å²) in [5, 5.41) is 2.59. The van der Waals surface area contributed by atoms with Crippen molar-refractivity contribution in [3.8, 4) is 0 Å². The van der Waals surface area contributed by atoms with Crippen LogP contribution in [0.25, 0.3) is 0 Å². The highest BCUT2D eigenvalue weighted by Gasteiger charge is 2.25. The number of ether oxygens (including phenoxy) is 2. The number of carbonyl (C=O) groups is 2. The molecule has 0 saturated carbocycles. The molecule has 28 heavy (non-hydrogen) atoms. The first kappa shape index (κ1) is 28.1. The number of rotatable bonds is 8. The molecule has 0 bridgehead atoms. The number of nitrogens with one attached hydrogen (secondary N) is 1. The van der Waals surface area contributed by atoms with Crippen molar-refractivity contribution < 1.29 is 24.5 Å². The van der Waals surface area contributed by atoms with Crippen LogP contribution in [0.3, 0.4) is 0 Å². The van der Waals surface area contributed by atoms with Gasteiger partial charge in [-0.2, -0.15) is 0 Å². The summed E-state index contributed by atoms with van der Waals surface area (Å²) in [7, 11) is 1.31. The average Bonchev–Trinajstić information content (AvgIpc) is 2.62. The molecule has 1 rings (SSSR count). The van der Waals surface area contributed by atoms with Crippen molar-refractivity contribution in [3.63, 3.8) is 0 Å². The van der Waals surface area contributed by atoms with Gasteiger partial charge in [0, 0.05) is 6.42 Å². The lowest BCUT2D eigenvalue weighted by atomic mass is 10.0. The molecule has 0 spiro atoms. The molecule has 6 nitrogen and oxygen atoms in total. The van der Waals surface area contributed by atoms with E-state index in [1.165, 1.54) is 31.9 Å². The minimum atomic E-state index is -0.772. The Morgan fingerprint density at radius 1 is 1.04 bits per heavy atom. The number of methoxy groups -OCH3 is 1. The number of amides is 1. The van der Waals surface area contributed by atoms with Crippen molar-refractivity contribution in [2.75, 3.05) is 7.11 Å². The number of esters is 1. The lowest BCUT2D eigenvalue weighted by Crippen LogP contribution is -2.45. The van der Waals surface area contributed by atoms with E-state index in [1.54, 1.807) is 20.8 Å². The molecule has 0 aliphatic carbocycles. The molecular formula is C22H39NO5. The smallest absolute Gasteiger partial charge is 0.408 e. The van der Waals surface area contributed by atoms with Gasteiger partial charge in [-0.1, -0.05) is 57.9 Å². The molecule has 0 aliphatic heterocycles. The first-order valence-corrected chi connectivity index (χ1v) is 9.90. The summed E-state index contributed by atoms with van der Waals surface area (Å²) in [4.78, 5) is 23.9. The molecule has 3 N–H and O–H groups in total. The maximum Gasteiger partial charge on any atom is 0.408 e. The Hall–Kier alpha value is -2.08. The summed E-state index contributed by atoms with van der Waals surface area (Å²) in [5.74, 6) is -0.488. The number of carbonyl (C=O) groups excluding carboxylic acids is 2. The highest BCUT2D eigenvalue weighted by Crippen LogP contribution is 2.12. The molecule has 0 fully saturated rings. The fourth-order valence-electron chi connectivity index (χ4n) is 2.44. The molecule has 0 saturated heterocycles. The molecule has 1 atom stereocenters. The van der Waals surface area contributed by atoms with Crippen LogP contribution in [0, 0.1) is 0 Å². The Morgan fingerprint density at radius 3 is 2.04 bits per heavy atom. The first-order valence-electron chi connectivity index (χ1n) is 9.90. The molecule has 0 unspecified atom stereocenters. The first-order chi connectivity index (χ1) is 12.7. The van der Waals surface area contributed by atoms with Crippen LogP contribution in [0.1, 0.15) is 71.9 Å². The van der Waals surface area contributed by atoms with Gasteiger partial charge in [0.2, 0.25) is 0 Å². The number of unbranched alkanes of at least 4 members (excludes halogenated alkanes) is 2. The second kappa shape index (κ2) is 14.9. The molecule has 1 aromatic carbocycles. The lowest BCUT2D eigenvalue weighted by molar-refractivity contribution is -0.143. The summed E-state index contributed by atoms with van der Waals surface area (Å²) in [6, 6.07) is 7.37. The van der Waals surface area contributed by atoms with Crippen molar-refractivity contribution in [2.24, 2.45) is 0 Å². The molecule has 6 heteroatoms. The summed E-state index contributed by atoms with van der Waals surface area (Å²) >= 11 is 0. The average molecular weight is 398 g/mol. The van der Waals surface area contributed by atoms with E-state index in [0.717, 1.165) is 12.0 Å². The van der Waals surface area contributed by atoms with E-state index in [1.807, 2.05) is 26.0 Å². The highest BCUT2D eigenvalue weighted by molar-refractivity contribution is 5.81. The topological polar surface area (TPSA) is 96.1 Å². The number of alkyl carbamates (subject to hydrolysis) is 1. The van der Waals surface area contributed by atoms with Gasteiger partial charge in [0.15, 0.2) is 0 Å². The third kappa shape index (κ3) is 12.3. The van der Waals surface area contributed by atoms with Crippen molar-refractivity contribution >= 4 is 12.1 Å². The third-order valence-electron chi connectivity index (χ3n) is 3.71. The van der Waals surface area contributed by atoms with Gasteiger partial charge in [-0.3, -0.25) is 0 Å². The van der Waals surface area contributed by atoms with Crippen LogP contribution in [0.2, 0.25) is 0 Å². The van der Waals surface area contributed by atoms with Gasteiger partial charge in [0.25, 0.3) is 0 Å². The quantitative estimate of drug-likeness (QED) is 0.524. The molecule has 0 aliphatic rings. The maximum absolute atomic E-state index is 12.0. The van der Waals surface area contributed by atoms with Crippen LogP contribution in [-0.2, 0) is 27.1 Å². The van der Waals surface area contributed by atoms with Crippen molar-refractivity contribution in [1.82, 2.24) is 5.32 Å². The van der Waals surface area contributed by atoms with Crippen LogP contribution in [0.15, 0.2) is 24.3 Å². The Morgan fingerprint density at radius 2 is 1.57 bits per heavy atom. The molecule has 1 amide bonds. The van der Waals surface area contributed by atoms with Crippen LogP contribution in [-0.4, -0.2) is 36.3 Å². The Kier molecular flexibility index (Phi) is 15.0. The predicted octanol–water partition coefficient (Wildman–Crippen LogP) is 4.23. The van der Waals surface area contributed by atoms with Gasteiger partial charge in [0.05, 0.1) is 7.11 Å². The van der Waals surface area contributed by atoms with Gasteiger partial charge < -0.3 is 20.3 Å². The predicted molar refractivity (Wildman–Crippen MR) is 114 cm³/mol. The van der Waals surface area contributed by atoms with Gasteiger partial charge >= 0.3 is 12.1 Å². The zero-order valence-corrected chi connectivity index (χ0v) is 18.6. The number of aryl methyl sites for hydroxylation is 1. The second-order valence-corrected chi connectivity index (χ2v) is 7.20.